The molecule has 5 nitrogen and oxygen atoms in total. The number of hydrogen-bond acceptors (Lipinski definition) is 3. The van der Waals surface area contributed by atoms with Crippen molar-refractivity contribution in [2.24, 2.45) is 0 Å². The molecular formula is C16H24N2O3. The molecule has 0 heterocycles. The van der Waals surface area contributed by atoms with Crippen LogP contribution >= 0.6 is 0 Å². The predicted octanol–water partition coefficient (Wildman–Crippen LogP) is 2.33. The van der Waals surface area contributed by atoms with Crippen molar-refractivity contribution < 1.29 is 14.7 Å². The van der Waals surface area contributed by atoms with E-state index in [-0.39, 0.29) is 17.9 Å². The van der Waals surface area contributed by atoms with Crippen LogP contribution in [0, 0.1) is 0 Å². The monoisotopic (exact) mass is 292 g/mol. The molecule has 0 aromatic heterocycles. The van der Waals surface area contributed by atoms with Gasteiger partial charge in [0.15, 0.2) is 0 Å². The number of benzene rings is 1. The van der Waals surface area contributed by atoms with E-state index in [2.05, 4.69) is 26.1 Å². The van der Waals surface area contributed by atoms with Gasteiger partial charge in [-0.15, -0.1) is 0 Å². The molecule has 1 unspecified atom stereocenters. The number of aliphatic carboxylic acids is 1. The van der Waals surface area contributed by atoms with Crippen molar-refractivity contribution in [1.29, 1.82) is 0 Å². The average Bonchev–Trinajstić information content (AvgIpc) is 2.36. The first-order valence-electron chi connectivity index (χ1n) is 6.95. The number of carbonyl (C=O) groups excluding carboxylic acids is 1. The lowest BCUT2D eigenvalue weighted by Crippen LogP contribution is -2.40. The van der Waals surface area contributed by atoms with Gasteiger partial charge in [-0.3, -0.25) is 14.5 Å². The van der Waals surface area contributed by atoms with Crippen LogP contribution in [0.15, 0.2) is 24.3 Å². The van der Waals surface area contributed by atoms with Gasteiger partial charge in [-0.2, -0.15) is 0 Å². The molecule has 0 fully saturated rings. The Hall–Kier alpha value is -1.88. The molecule has 21 heavy (non-hydrogen) atoms. The fourth-order valence-corrected chi connectivity index (χ4v) is 1.99. The Balaban J connectivity index is 2.79. The van der Waals surface area contributed by atoms with E-state index in [0.29, 0.717) is 0 Å². The largest absolute Gasteiger partial charge is 0.480 e. The molecule has 1 rings (SSSR count). The quantitative estimate of drug-likeness (QED) is 0.874. The van der Waals surface area contributed by atoms with E-state index in [9.17, 15) is 9.59 Å². The summed E-state index contributed by atoms with van der Waals surface area (Å²) in [7, 11) is 1.62. The van der Waals surface area contributed by atoms with Gasteiger partial charge in [0.25, 0.3) is 0 Å². The number of amides is 1. The molecule has 0 aliphatic rings. The van der Waals surface area contributed by atoms with E-state index in [1.54, 1.807) is 14.0 Å². The lowest BCUT2D eigenvalue weighted by atomic mass is 9.86. The summed E-state index contributed by atoms with van der Waals surface area (Å²) in [5.41, 5.74) is 1.74. The van der Waals surface area contributed by atoms with Crippen LogP contribution in [-0.4, -0.2) is 41.5 Å². The second-order valence-electron chi connectivity index (χ2n) is 6.27. The minimum atomic E-state index is -0.944. The number of anilines is 1. The smallest absolute Gasteiger partial charge is 0.320 e. The van der Waals surface area contributed by atoms with Gasteiger partial charge in [0.1, 0.15) is 6.04 Å². The van der Waals surface area contributed by atoms with E-state index >= 15 is 0 Å². The molecule has 116 valence electrons. The molecule has 0 aliphatic carbocycles. The number of carbonyl (C=O) groups is 2. The SMILES string of the molecule is CC(C(=O)O)N(C)CC(=O)Nc1ccccc1C(C)(C)C. The van der Waals surface area contributed by atoms with Crippen molar-refractivity contribution >= 4 is 17.6 Å². The summed E-state index contributed by atoms with van der Waals surface area (Å²) in [5.74, 6) is -1.16. The second-order valence-corrected chi connectivity index (χ2v) is 6.27. The Bertz CT molecular complexity index is 520. The minimum Gasteiger partial charge on any atom is -0.480 e. The van der Waals surface area contributed by atoms with Gasteiger partial charge in [-0.1, -0.05) is 39.0 Å². The molecule has 0 radical (unpaired) electrons. The van der Waals surface area contributed by atoms with Gasteiger partial charge in [-0.05, 0) is 31.0 Å². The van der Waals surface area contributed by atoms with Crippen molar-refractivity contribution in [2.75, 3.05) is 18.9 Å². The third-order valence-corrected chi connectivity index (χ3v) is 3.42. The van der Waals surface area contributed by atoms with Crippen molar-refractivity contribution in [3.8, 4) is 0 Å². The van der Waals surface area contributed by atoms with Crippen LogP contribution in [0.5, 0.6) is 0 Å². The van der Waals surface area contributed by atoms with Crippen LogP contribution in [0.1, 0.15) is 33.3 Å². The van der Waals surface area contributed by atoms with E-state index < -0.39 is 12.0 Å². The highest BCUT2D eigenvalue weighted by atomic mass is 16.4. The zero-order valence-corrected chi connectivity index (χ0v) is 13.3. The number of para-hydroxylation sites is 1. The maximum absolute atomic E-state index is 12.1. The zero-order chi connectivity index (χ0) is 16.2. The fraction of sp³-hybridized carbons (Fsp3) is 0.500. The average molecular weight is 292 g/mol. The summed E-state index contributed by atoms with van der Waals surface area (Å²) in [4.78, 5) is 24.5. The number of rotatable bonds is 5. The Kier molecular flexibility index (Phi) is 5.49. The van der Waals surface area contributed by atoms with Gasteiger partial charge in [0.05, 0.1) is 6.54 Å². The van der Waals surface area contributed by atoms with E-state index in [0.717, 1.165) is 11.3 Å². The Morgan fingerprint density at radius 1 is 1.29 bits per heavy atom. The molecule has 1 atom stereocenters. The number of likely N-dealkylation sites (N-methyl/N-ethyl adjacent to an activating group) is 1. The molecule has 1 aromatic carbocycles. The van der Waals surface area contributed by atoms with Crippen LogP contribution in [0.25, 0.3) is 0 Å². The first-order chi connectivity index (χ1) is 9.62. The van der Waals surface area contributed by atoms with E-state index in [1.165, 1.54) is 4.90 Å². The summed E-state index contributed by atoms with van der Waals surface area (Å²) in [6, 6.07) is 6.95. The number of nitrogens with one attached hydrogen (secondary N) is 1. The van der Waals surface area contributed by atoms with Crippen molar-refractivity contribution in [1.82, 2.24) is 4.90 Å². The van der Waals surface area contributed by atoms with Crippen LogP contribution in [0.3, 0.4) is 0 Å². The van der Waals surface area contributed by atoms with Gasteiger partial charge in [-0.25, -0.2) is 0 Å². The first kappa shape index (κ1) is 17.2. The molecule has 0 spiro atoms. The van der Waals surface area contributed by atoms with Crippen LogP contribution < -0.4 is 5.32 Å². The maximum atomic E-state index is 12.1. The fourth-order valence-electron chi connectivity index (χ4n) is 1.99. The maximum Gasteiger partial charge on any atom is 0.320 e. The topological polar surface area (TPSA) is 69.6 Å². The molecule has 1 aromatic rings. The summed E-state index contributed by atoms with van der Waals surface area (Å²) in [6.45, 7) is 7.83. The van der Waals surface area contributed by atoms with Crippen LogP contribution in [0.4, 0.5) is 5.69 Å². The standard InChI is InChI=1S/C16H24N2O3/c1-11(15(20)21)18(5)10-14(19)17-13-9-7-6-8-12(13)16(2,3)4/h6-9,11H,10H2,1-5H3,(H,17,19)(H,20,21). The predicted molar refractivity (Wildman–Crippen MR) is 83.5 cm³/mol. The Labute approximate surface area is 126 Å². The van der Waals surface area contributed by atoms with Crippen molar-refractivity contribution in [3.63, 3.8) is 0 Å². The third kappa shape index (κ3) is 4.86. The number of hydrogen-bond donors (Lipinski definition) is 2. The molecule has 1 amide bonds. The molecule has 0 bridgehead atoms. The summed E-state index contributed by atoms with van der Waals surface area (Å²) >= 11 is 0. The Morgan fingerprint density at radius 2 is 1.86 bits per heavy atom. The Morgan fingerprint density at radius 3 is 2.38 bits per heavy atom. The first-order valence-corrected chi connectivity index (χ1v) is 6.95. The molecule has 0 aliphatic heterocycles. The third-order valence-electron chi connectivity index (χ3n) is 3.42. The summed E-state index contributed by atoms with van der Waals surface area (Å²) in [6.07, 6.45) is 0. The van der Waals surface area contributed by atoms with Gasteiger partial charge in [0, 0.05) is 5.69 Å². The number of nitrogens with zero attached hydrogens (tertiary/aromatic N) is 1. The summed E-state index contributed by atoms with van der Waals surface area (Å²) < 4.78 is 0. The van der Waals surface area contributed by atoms with Crippen molar-refractivity contribution in [2.45, 2.75) is 39.2 Å². The minimum absolute atomic E-state index is 0.0337. The lowest BCUT2D eigenvalue weighted by molar-refractivity contribution is -0.142. The zero-order valence-electron chi connectivity index (χ0n) is 13.3. The molecule has 5 heteroatoms. The van der Waals surface area contributed by atoms with Crippen molar-refractivity contribution in [3.05, 3.63) is 29.8 Å². The van der Waals surface area contributed by atoms with Gasteiger partial charge in [0.2, 0.25) is 5.91 Å². The van der Waals surface area contributed by atoms with E-state index in [1.807, 2.05) is 24.3 Å². The lowest BCUT2D eigenvalue weighted by Gasteiger charge is -2.24. The normalized spacial score (nSPS) is 13.0. The molecule has 2 N–H and O–H groups in total. The molecular weight excluding hydrogens is 268 g/mol. The second kappa shape index (κ2) is 6.72. The van der Waals surface area contributed by atoms with Gasteiger partial charge >= 0.3 is 5.97 Å². The van der Waals surface area contributed by atoms with E-state index in [4.69, 9.17) is 5.11 Å². The highest BCUT2D eigenvalue weighted by Gasteiger charge is 2.21. The van der Waals surface area contributed by atoms with Gasteiger partial charge < -0.3 is 10.4 Å². The summed E-state index contributed by atoms with van der Waals surface area (Å²) in [5, 5.41) is 11.8. The van der Waals surface area contributed by atoms with Crippen LogP contribution in [-0.2, 0) is 15.0 Å². The molecule has 0 saturated carbocycles. The number of carboxylic acid groups (broad SMARTS) is 1. The number of carboxylic acids is 1. The molecule has 0 saturated heterocycles. The highest BCUT2D eigenvalue weighted by Crippen LogP contribution is 2.29. The highest BCUT2D eigenvalue weighted by molar-refractivity contribution is 5.93. The van der Waals surface area contributed by atoms with Crippen LogP contribution in [0.2, 0.25) is 0 Å².